The van der Waals surface area contributed by atoms with Crippen LogP contribution >= 0.6 is 0 Å². The number of nitriles is 1. The molecule has 2 aromatic carbocycles. The van der Waals surface area contributed by atoms with Gasteiger partial charge in [0.2, 0.25) is 0 Å². The maximum Gasteiger partial charge on any atom is 1.00 e. The van der Waals surface area contributed by atoms with Gasteiger partial charge in [-0.1, -0.05) is 41.5 Å². The largest absolute Gasteiger partial charge is 1.00 e. The van der Waals surface area contributed by atoms with Gasteiger partial charge in [-0.3, -0.25) is 9.36 Å². The number of carboxylic acid groups (broad SMARTS) is 2. The zero-order valence-corrected chi connectivity index (χ0v) is 59.0. The Morgan fingerprint density at radius 3 is 1.39 bits per heavy atom. The number of anilines is 2. The van der Waals surface area contributed by atoms with Gasteiger partial charge in [0.15, 0.2) is 34.6 Å². The van der Waals surface area contributed by atoms with Crippen molar-refractivity contribution in [1.82, 2.24) is 54.1 Å². The molecule has 0 fully saturated rings. The summed E-state index contributed by atoms with van der Waals surface area (Å²) in [7, 11) is 0. The average molecular weight is 1160 g/mol. The minimum Gasteiger partial charge on any atom is -0.844 e. The molecule has 0 radical (unpaired) electrons. The van der Waals surface area contributed by atoms with Crippen LogP contribution in [0.2, 0.25) is 0 Å². The van der Waals surface area contributed by atoms with Crippen LogP contribution in [0.25, 0.3) is 28.1 Å². The van der Waals surface area contributed by atoms with Crippen LogP contribution in [0.3, 0.4) is 0 Å². The molecule has 360 valence electrons. The van der Waals surface area contributed by atoms with Crippen LogP contribution < -0.4 is 284 Å². The Hall–Kier alpha value is -2.25. The van der Waals surface area contributed by atoms with Gasteiger partial charge in [-0.05, 0) is 25.2 Å². The molecular weight excluding hydrogens is 1120 g/mol. The van der Waals surface area contributed by atoms with Crippen molar-refractivity contribution in [3.05, 3.63) is 99.4 Å². The molecule has 7 aromatic rings. The molecular formula is C43H34K5N19O9. The van der Waals surface area contributed by atoms with E-state index in [1.165, 1.54) is 45.8 Å². The summed E-state index contributed by atoms with van der Waals surface area (Å²) in [6.07, 6.45) is 0.500. The first-order valence-electron chi connectivity index (χ1n) is 19.9. The molecule has 0 aliphatic heterocycles. The van der Waals surface area contributed by atoms with Crippen LogP contribution in [0, 0.1) is 43.9 Å². The van der Waals surface area contributed by atoms with Crippen molar-refractivity contribution < 1.29 is 301 Å². The van der Waals surface area contributed by atoms with Crippen LogP contribution in [0.5, 0.6) is 6.01 Å². The fourth-order valence-electron chi connectivity index (χ4n) is 6.30. The first-order valence-corrected chi connectivity index (χ1v) is 19.9. The van der Waals surface area contributed by atoms with Crippen molar-refractivity contribution in [2.75, 3.05) is 11.5 Å². The number of carbonyl (C=O) groups excluding carboxylic acids is 6. The van der Waals surface area contributed by atoms with E-state index in [1.54, 1.807) is 13.8 Å². The van der Waals surface area contributed by atoms with Crippen molar-refractivity contribution in [3.63, 3.8) is 0 Å². The quantitative estimate of drug-likeness (QED) is 0.0729. The minimum atomic E-state index is -1.45. The van der Waals surface area contributed by atoms with Crippen molar-refractivity contribution in [3.8, 4) is 35.4 Å². The van der Waals surface area contributed by atoms with Gasteiger partial charge in [0, 0.05) is 22.8 Å². The Labute approximate surface area is 644 Å². The third-order valence-corrected chi connectivity index (χ3v) is 9.44. The number of aromatic nitrogens is 11. The van der Waals surface area contributed by atoms with E-state index in [1.807, 2.05) is 47.6 Å². The molecule has 5 heterocycles. The molecule has 4 N–H and O–H groups in total. The van der Waals surface area contributed by atoms with E-state index >= 15 is 0 Å². The van der Waals surface area contributed by atoms with Gasteiger partial charge in [-0.2, -0.15) is 95.6 Å². The predicted octanol–water partition coefficient (Wildman–Crippen LogP) is -12.5. The van der Waals surface area contributed by atoms with Gasteiger partial charge in [0.05, 0.1) is 35.4 Å². The zero-order chi connectivity index (χ0) is 52.7. The monoisotopic (exact) mass is 1160 g/mol. The molecule has 0 atom stereocenters. The van der Waals surface area contributed by atoms with Gasteiger partial charge in [0.1, 0.15) is 11.6 Å². The minimum absolute atomic E-state index is 0. The number of carboxylic acids is 2. The Morgan fingerprint density at radius 1 is 0.645 bits per heavy atom. The third kappa shape index (κ3) is 17.4. The summed E-state index contributed by atoms with van der Waals surface area (Å²) < 4.78 is 4.57. The van der Waals surface area contributed by atoms with E-state index in [-0.39, 0.29) is 372 Å². The molecule has 0 aliphatic carbocycles. The van der Waals surface area contributed by atoms with Crippen LogP contribution in [0.4, 0.5) is 40.3 Å². The average Bonchev–Trinajstić information content (AvgIpc) is 4.03. The number of carbonyl (C=O) groups is 2. The third-order valence-electron chi connectivity index (χ3n) is 9.44. The van der Waals surface area contributed by atoms with Crippen LogP contribution in [-0.2, 0) is 30.0 Å². The second kappa shape index (κ2) is 32.3. The first-order chi connectivity index (χ1) is 33.4. The molecule has 7 rings (SSSR count). The summed E-state index contributed by atoms with van der Waals surface area (Å²) in [6, 6.07) is 14.3. The standard InChI is InChI=1S/C41H37N19O5.2CO2.5K/c1-19-25(18-42)33(57(53-19)23-14-10-12-21(16-23)35(61)62)51-49-27-29(40(3,4)5)55-59(31(27)43)37-46-38(48-39(65)47-37)60-32(44)28(30(56-60)41(6,7)8)50-52-34-26(45-9)20(2)54-58(34)24-15-11-13-22(17-24)36(63)64;2*2-1-3;;;;;/h12-17H,43-44H2,1-8H3,(H,61,62)(H,63,64)(H,46,47,48,65);;;;;;;/q-2;;;5*+1/p-3. The molecule has 28 nitrogen and oxygen atoms in total. The van der Waals surface area contributed by atoms with E-state index in [4.69, 9.17) is 37.2 Å². The summed E-state index contributed by atoms with van der Waals surface area (Å²) in [5, 5.41) is 82.0. The maximum absolute atomic E-state index is 13.2. The molecule has 0 amide bonds. The van der Waals surface area contributed by atoms with Crippen molar-refractivity contribution in [2.24, 2.45) is 20.5 Å². The van der Waals surface area contributed by atoms with Crippen molar-refractivity contribution in [2.45, 2.75) is 66.2 Å². The fourth-order valence-corrected chi connectivity index (χ4v) is 6.30. The Morgan fingerprint density at radius 2 is 1.03 bits per heavy atom. The first kappa shape index (κ1) is 73.8. The molecule has 0 saturated carbocycles. The van der Waals surface area contributed by atoms with E-state index in [2.05, 4.69) is 72.8 Å². The molecule has 0 spiro atoms. The number of nitrogens with zero attached hydrogens (tertiary/aromatic N) is 17. The summed E-state index contributed by atoms with van der Waals surface area (Å²) in [4.78, 5) is 71.7. The van der Waals surface area contributed by atoms with Crippen LogP contribution in [0.15, 0.2) is 56.9 Å². The molecule has 0 aliphatic rings. The second-order valence-corrected chi connectivity index (χ2v) is 16.4. The smallest absolute Gasteiger partial charge is 0.844 e. The summed E-state index contributed by atoms with van der Waals surface area (Å²) in [5.74, 6) is -4.06. The van der Waals surface area contributed by atoms with E-state index in [0.717, 1.165) is 9.36 Å². The SMILES string of the molecule is O=C=O.O=C=O.[C-]#[N+]c1c(C)nn(-c2c[c-]cc(C(=O)[O-])c2)c1N=Nc1c(C(C)(C)C)nn(-c2nc([O-])nc(-n3nc(C(C)(C)C)c(N=Nc4c(C#N)c(C)nn4-c4c[c-]cc(C(=O)[O-])c4)c3N)n2)c1N.[K+].[K+].[K+].[K+].[K+]. The Balaban J connectivity index is 0.00000488. The predicted molar refractivity (Wildman–Crippen MR) is 232 cm³/mol. The van der Waals surface area contributed by atoms with Gasteiger partial charge in [0.25, 0.3) is 17.6 Å². The van der Waals surface area contributed by atoms with Crippen molar-refractivity contribution in [1.29, 1.82) is 5.26 Å². The molecule has 5 aromatic heterocycles. The summed E-state index contributed by atoms with van der Waals surface area (Å²) >= 11 is 0. The van der Waals surface area contributed by atoms with Crippen LogP contribution in [-0.4, -0.2) is 78.3 Å². The molecule has 76 heavy (non-hydrogen) atoms. The number of aryl methyl sites for hydroxylation is 2. The molecule has 0 saturated heterocycles. The zero-order valence-electron chi connectivity index (χ0n) is 43.4. The molecule has 0 unspecified atom stereocenters. The van der Waals surface area contributed by atoms with Gasteiger partial charge < -0.3 is 36.4 Å². The summed E-state index contributed by atoms with van der Waals surface area (Å²) in [5.41, 5.74) is 13.1. The number of hydrogen-bond acceptors (Lipinski definition) is 23. The number of nitrogens with two attached hydrogens (primary N) is 2. The number of aromatic carboxylic acids is 2. The normalized spacial score (nSPS) is 10.4. The number of rotatable bonds is 10. The Bertz CT molecular complexity index is 3250. The Kier molecular flexibility index (Phi) is 31.3. The molecule has 0 bridgehead atoms. The van der Waals surface area contributed by atoms with Gasteiger partial charge in [-0.15, -0.1) is 43.7 Å². The number of nitrogen functional groups attached to an aromatic ring is 2. The summed E-state index contributed by atoms with van der Waals surface area (Å²) in [6.45, 7) is 21.9. The maximum atomic E-state index is 13.2. The van der Waals surface area contributed by atoms with E-state index in [9.17, 15) is 30.2 Å². The van der Waals surface area contributed by atoms with Gasteiger partial charge in [-0.25, -0.2) is 14.8 Å². The second-order valence-electron chi connectivity index (χ2n) is 16.4. The fraction of sp³-hybridized carbons (Fsp3) is 0.233. The van der Waals surface area contributed by atoms with E-state index < -0.39 is 28.8 Å². The van der Waals surface area contributed by atoms with Gasteiger partial charge >= 0.3 is 269 Å². The van der Waals surface area contributed by atoms with Crippen molar-refractivity contribution >= 4 is 64.6 Å². The molecule has 33 heteroatoms. The topological polar surface area (TPSA) is 411 Å². The number of azo groups is 2. The number of hydrogen-bond donors (Lipinski definition) is 2. The number of benzene rings is 2. The van der Waals surface area contributed by atoms with Crippen LogP contribution in [0.1, 0.15) is 90.6 Å². The van der Waals surface area contributed by atoms with E-state index in [0.29, 0.717) is 0 Å².